The molecule has 0 bridgehead atoms. The molecule has 0 spiro atoms. The summed E-state index contributed by atoms with van der Waals surface area (Å²) >= 11 is 0. The lowest BCUT2D eigenvalue weighted by atomic mass is 10.2. The summed E-state index contributed by atoms with van der Waals surface area (Å²) in [6, 6.07) is -0.385. The Balaban J connectivity index is 1.91. The molecule has 6 heteroatoms. The molecule has 1 atom stereocenters. The monoisotopic (exact) mass is 250 g/mol. The summed E-state index contributed by atoms with van der Waals surface area (Å²) in [5.74, 6) is -0.184. The summed E-state index contributed by atoms with van der Waals surface area (Å²) < 4.78 is 1.71. The molecule has 0 radical (unpaired) electrons. The molecule has 2 amide bonds. The molecule has 1 aromatic heterocycles. The molecule has 1 aliphatic rings. The molecule has 18 heavy (non-hydrogen) atoms. The zero-order chi connectivity index (χ0) is 13.1. The van der Waals surface area contributed by atoms with Crippen LogP contribution in [0.1, 0.15) is 25.3 Å². The molecule has 1 saturated heterocycles. The van der Waals surface area contributed by atoms with Gasteiger partial charge >= 0.3 is 0 Å². The molecule has 0 aromatic carbocycles. The Morgan fingerprint density at radius 3 is 2.89 bits per heavy atom. The molecule has 6 nitrogen and oxygen atoms in total. The van der Waals surface area contributed by atoms with E-state index >= 15 is 0 Å². The van der Waals surface area contributed by atoms with Gasteiger partial charge < -0.3 is 5.32 Å². The molecule has 1 N–H and O–H groups in total. The zero-order valence-electron chi connectivity index (χ0n) is 10.7. The van der Waals surface area contributed by atoms with Crippen LogP contribution in [-0.4, -0.2) is 39.1 Å². The van der Waals surface area contributed by atoms with Gasteiger partial charge in [-0.15, -0.1) is 0 Å². The van der Waals surface area contributed by atoms with Gasteiger partial charge in [0.15, 0.2) is 0 Å². The summed E-state index contributed by atoms with van der Waals surface area (Å²) in [6.45, 7) is 3.02. The number of nitrogens with one attached hydrogen (secondary N) is 1. The first-order valence-corrected chi connectivity index (χ1v) is 6.17. The maximum absolute atomic E-state index is 12.0. The van der Waals surface area contributed by atoms with Gasteiger partial charge in [0.05, 0.1) is 18.7 Å². The fraction of sp³-hybridized carbons (Fsp3) is 0.583. The SMILES string of the molecule is CCCN1C(=O)CC(NCc2cnn(C)c2)C1=O. The Kier molecular flexibility index (Phi) is 3.76. The number of carbonyl (C=O) groups excluding carboxylic acids is 2. The normalized spacial score (nSPS) is 19.9. The van der Waals surface area contributed by atoms with Gasteiger partial charge in [-0.25, -0.2) is 0 Å². The van der Waals surface area contributed by atoms with Crippen molar-refractivity contribution < 1.29 is 9.59 Å². The molecule has 2 rings (SSSR count). The van der Waals surface area contributed by atoms with Crippen molar-refractivity contribution in [1.82, 2.24) is 20.0 Å². The fourth-order valence-electron chi connectivity index (χ4n) is 2.11. The van der Waals surface area contributed by atoms with Gasteiger partial charge in [-0.2, -0.15) is 5.10 Å². The summed E-state index contributed by atoms with van der Waals surface area (Å²) in [5, 5.41) is 7.17. The third kappa shape index (κ3) is 2.59. The van der Waals surface area contributed by atoms with Gasteiger partial charge in [0.25, 0.3) is 0 Å². The van der Waals surface area contributed by atoms with Crippen molar-refractivity contribution in [2.24, 2.45) is 7.05 Å². The van der Waals surface area contributed by atoms with Crippen molar-refractivity contribution in [3.63, 3.8) is 0 Å². The van der Waals surface area contributed by atoms with E-state index < -0.39 is 0 Å². The highest BCUT2D eigenvalue weighted by molar-refractivity contribution is 6.05. The van der Waals surface area contributed by atoms with E-state index in [-0.39, 0.29) is 24.3 Å². The second kappa shape index (κ2) is 5.30. The van der Waals surface area contributed by atoms with Crippen molar-refractivity contribution >= 4 is 11.8 Å². The van der Waals surface area contributed by atoms with Crippen LogP contribution >= 0.6 is 0 Å². The smallest absolute Gasteiger partial charge is 0.246 e. The van der Waals surface area contributed by atoms with Crippen LogP contribution in [0.15, 0.2) is 12.4 Å². The average molecular weight is 250 g/mol. The number of aryl methyl sites for hydroxylation is 1. The fourth-order valence-corrected chi connectivity index (χ4v) is 2.11. The number of amides is 2. The Morgan fingerprint density at radius 1 is 1.50 bits per heavy atom. The van der Waals surface area contributed by atoms with Crippen molar-refractivity contribution in [1.29, 1.82) is 0 Å². The van der Waals surface area contributed by atoms with Crippen LogP contribution in [0.5, 0.6) is 0 Å². The quantitative estimate of drug-likeness (QED) is 0.750. The Labute approximate surface area is 106 Å². The van der Waals surface area contributed by atoms with Gasteiger partial charge in [-0.3, -0.25) is 19.2 Å². The number of likely N-dealkylation sites (tertiary alicyclic amines) is 1. The third-order valence-corrected chi connectivity index (χ3v) is 3.00. The topological polar surface area (TPSA) is 67.2 Å². The maximum atomic E-state index is 12.0. The standard InChI is InChI=1S/C12H18N4O2/c1-3-4-16-11(17)5-10(12(16)18)13-6-9-7-14-15(2)8-9/h7-8,10,13H,3-6H2,1-2H3. The number of nitrogens with zero attached hydrogens (tertiary/aromatic N) is 3. The zero-order valence-corrected chi connectivity index (χ0v) is 10.7. The van der Waals surface area contributed by atoms with Crippen molar-refractivity contribution in [2.45, 2.75) is 32.4 Å². The van der Waals surface area contributed by atoms with Gasteiger partial charge in [-0.05, 0) is 6.42 Å². The highest BCUT2D eigenvalue weighted by Gasteiger charge is 2.37. The van der Waals surface area contributed by atoms with E-state index in [1.807, 2.05) is 20.2 Å². The van der Waals surface area contributed by atoms with Crippen LogP contribution in [0.2, 0.25) is 0 Å². The minimum atomic E-state index is -0.385. The molecule has 98 valence electrons. The van der Waals surface area contributed by atoms with E-state index in [0.717, 1.165) is 12.0 Å². The summed E-state index contributed by atoms with van der Waals surface area (Å²) in [7, 11) is 1.84. The average Bonchev–Trinajstić information content (AvgIpc) is 2.86. The van der Waals surface area contributed by atoms with Gasteiger partial charge in [-0.1, -0.05) is 6.92 Å². The molecule has 0 saturated carbocycles. The third-order valence-electron chi connectivity index (χ3n) is 3.00. The van der Waals surface area contributed by atoms with Gasteiger partial charge in [0.2, 0.25) is 11.8 Å². The van der Waals surface area contributed by atoms with Crippen LogP contribution in [0.25, 0.3) is 0 Å². The van der Waals surface area contributed by atoms with Gasteiger partial charge in [0, 0.05) is 31.9 Å². The second-order valence-electron chi connectivity index (χ2n) is 4.54. The lowest BCUT2D eigenvalue weighted by Gasteiger charge is -2.13. The van der Waals surface area contributed by atoms with Crippen LogP contribution in [0.4, 0.5) is 0 Å². The first-order valence-electron chi connectivity index (χ1n) is 6.17. The first kappa shape index (κ1) is 12.8. The first-order chi connectivity index (χ1) is 8.61. The summed E-state index contributed by atoms with van der Waals surface area (Å²) in [5.41, 5.74) is 1.01. The predicted octanol–water partition coefficient (Wildman–Crippen LogP) is 0.0472. The molecule has 0 aliphatic carbocycles. The molecule has 1 aliphatic heterocycles. The molecule has 2 heterocycles. The molecule has 1 aromatic rings. The number of aromatic nitrogens is 2. The molecule has 1 fully saturated rings. The Hall–Kier alpha value is -1.69. The van der Waals surface area contributed by atoms with E-state index in [0.29, 0.717) is 13.1 Å². The van der Waals surface area contributed by atoms with E-state index in [9.17, 15) is 9.59 Å². The highest BCUT2D eigenvalue weighted by Crippen LogP contribution is 2.14. The van der Waals surface area contributed by atoms with Crippen LogP contribution in [-0.2, 0) is 23.2 Å². The highest BCUT2D eigenvalue weighted by atomic mass is 16.2. The van der Waals surface area contributed by atoms with Crippen molar-refractivity contribution in [3.8, 4) is 0 Å². The van der Waals surface area contributed by atoms with Crippen LogP contribution in [0, 0.1) is 0 Å². The maximum Gasteiger partial charge on any atom is 0.246 e. The van der Waals surface area contributed by atoms with Crippen molar-refractivity contribution in [3.05, 3.63) is 18.0 Å². The number of hydrogen-bond acceptors (Lipinski definition) is 4. The van der Waals surface area contributed by atoms with E-state index in [1.54, 1.807) is 10.9 Å². The molecular formula is C12H18N4O2. The number of rotatable bonds is 5. The number of carbonyl (C=O) groups is 2. The van der Waals surface area contributed by atoms with Crippen molar-refractivity contribution in [2.75, 3.05) is 6.54 Å². The summed E-state index contributed by atoms with van der Waals surface area (Å²) in [4.78, 5) is 25.0. The van der Waals surface area contributed by atoms with E-state index in [2.05, 4.69) is 10.4 Å². The molecular weight excluding hydrogens is 232 g/mol. The Morgan fingerprint density at radius 2 is 2.28 bits per heavy atom. The van der Waals surface area contributed by atoms with Crippen LogP contribution < -0.4 is 5.32 Å². The van der Waals surface area contributed by atoms with E-state index in [4.69, 9.17) is 0 Å². The Bertz CT molecular complexity index is 455. The van der Waals surface area contributed by atoms with Gasteiger partial charge in [0.1, 0.15) is 0 Å². The summed E-state index contributed by atoms with van der Waals surface area (Å²) in [6.07, 6.45) is 4.70. The second-order valence-corrected chi connectivity index (χ2v) is 4.54. The predicted molar refractivity (Wildman–Crippen MR) is 65.5 cm³/mol. The van der Waals surface area contributed by atoms with Crippen LogP contribution in [0.3, 0.4) is 0 Å². The minimum Gasteiger partial charge on any atom is -0.301 e. The lowest BCUT2D eigenvalue weighted by molar-refractivity contribution is -0.138. The number of imide groups is 1. The molecule has 1 unspecified atom stereocenters. The van der Waals surface area contributed by atoms with E-state index in [1.165, 1.54) is 4.90 Å². The minimum absolute atomic E-state index is 0.0782. The largest absolute Gasteiger partial charge is 0.301 e. The lowest BCUT2D eigenvalue weighted by Crippen LogP contribution is -2.38. The number of hydrogen-bond donors (Lipinski definition) is 1.